The van der Waals surface area contributed by atoms with Gasteiger partial charge in [-0.05, 0) is 36.6 Å². The minimum absolute atomic E-state index is 0.0777. The normalized spacial score (nSPS) is 19.0. The van der Waals surface area contributed by atoms with E-state index in [1.54, 1.807) is 25.3 Å². The number of nitrogens with one attached hydrogen (secondary N) is 1. The van der Waals surface area contributed by atoms with Crippen LogP contribution in [0, 0.1) is 11.7 Å². The lowest BCUT2D eigenvalue weighted by Gasteiger charge is -2.27. The van der Waals surface area contributed by atoms with Gasteiger partial charge in [-0.15, -0.1) is 0 Å². The smallest absolute Gasteiger partial charge is 0.252 e. The average molecular weight is 402 g/mol. The molecule has 0 bridgehead atoms. The van der Waals surface area contributed by atoms with Crippen LogP contribution in [0.3, 0.4) is 0 Å². The van der Waals surface area contributed by atoms with Gasteiger partial charge in [0.25, 0.3) is 5.91 Å². The summed E-state index contributed by atoms with van der Waals surface area (Å²) in [6.45, 7) is 1.14. The van der Waals surface area contributed by atoms with E-state index in [0.717, 1.165) is 25.7 Å². The molecule has 7 heteroatoms. The molecule has 0 radical (unpaired) electrons. The van der Waals surface area contributed by atoms with E-state index in [1.165, 1.54) is 18.3 Å². The van der Waals surface area contributed by atoms with E-state index in [4.69, 9.17) is 9.47 Å². The summed E-state index contributed by atoms with van der Waals surface area (Å²) in [5.41, 5.74) is 1.68. The number of aliphatic hydroxyl groups is 1. The van der Waals surface area contributed by atoms with Crippen LogP contribution in [0.5, 0.6) is 5.88 Å². The number of benzene rings is 1. The summed E-state index contributed by atoms with van der Waals surface area (Å²) < 4.78 is 24.0. The molecule has 1 aromatic heterocycles. The molecule has 156 valence electrons. The number of carbonyl (C=O) groups excluding carboxylic acids is 1. The van der Waals surface area contributed by atoms with Crippen LogP contribution in [0.2, 0.25) is 0 Å². The van der Waals surface area contributed by atoms with Crippen LogP contribution in [-0.4, -0.2) is 49.0 Å². The van der Waals surface area contributed by atoms with Crippen LogP contribution >= 0.6 is 0 Å². The second kappa shape index (κ2) is 10.3. The van der Waals surface area contributed by atoms with Crippen LogP contribution in [0.25, 0.3) is 11.1 Å². The number of carbonyl (C=O) groups is 1. The van der Waals surface area contributed by atoms with Gasteiger partial charge in [-0.2, -0.15) is 0 Å². The Bertz CT molecular complexity index is 813. The molecule has 1 saturated carbocycles. The Morgan fingerprint density at radius 3 is 2.72 bits per heavy atom. The van der Waals surface area contributed by atoms with Crippen LogP contribution in [0.15, 0.2) is 36.5 Å². The second-order valence-electron chi connectivity index (χ2n) is 7.25. The van der Waals surface area contributed by atoms with Gasteiger partial charge in [0, 0.05) is 31.3 Å². The summed E-state index contributed by atoms with van der Waals surface area (Å²) in [6, 6.07) is 7.64. The molecule has 2 atom stereocenters. The van der Waals surface area contributed by atoms with Crippen molar-refractivity contribution in [2.75, 3.05) is 26.9 Å². The highest BCUT2D eigenvalue weighted by molar-refractivity contribution is 5.95. The number of methoxy groups -OCH3 is 1. The Morgan fingerprint density at radius 1 is 1.24 bits per heavy atom. The molecule has 0 saturated heterocycles. The van der Waals surface area contributed by atoms with Gasteiger partial charge in [0.05, 0.1) is 18.3 Å². The first-order valence-corrected chi connectivity index (χ1v) is 9.92. The lowest BCUT2D eigenvalue weighted by molar-refractivity contribution is 0.0663. The van der Waals surface area contributed by atoms with E-state index in [2.05, 4.69) is 10.3 Å². The van der Waals surface area contributed by atoms with Crippen molar-refractivity contribution in [2.45, 2.75) is 31.8 Å². The number of pyridine rings is 1. The van der Waals surface area contributed by atoms with E-state index in [9.17, 15) is 14.3 Å². The largest absolute Gasteiger partial charge is 0.475 e. The molecule has 0 spiro atoms. The number of rotatable bonds is 8. The number of hydrogen-bond acceptors (Lipinski definition) is 5. The van der Waals surface area contributed by atoms with E-state index in [0.29, 0.717) is 42.3 Å². The Hall–Kier alpha value is -2.51. The van der Waals surface area contributed by atoms with Crippen molar-refractivity contribution in [3.8, 4) is 17.0 Å². The van der Waals surface area contributed by atoms with Crippen LogP contribution < -0.4 is 10.1 Å². The lowest BCUT2D eigenvalue weighted by atomic mass is 9.86. The highest BCUT2D eigenvalue weighted by atomic mass is 19.1. The number of ether oxygens (including phenoxy) is 2. The fourth-order valence-electron chi connectivity index (χ4n) is 3.50. The third kappa shape index (κ3) is 5.74. The van der Waals surface area contributed by atoms with Crippen molar-refractivity contribution in [3.05, 3.63) is 47.9 Å². The van der Waals surface area contributed by atoms with Gasteiger partial charge < -0.3 is 19.9 Å². The first kappa shape index (κ1) is 21.2. The predicted octanol–water partition coefficient (Wildman–Crippen LogP) is 3.19. The molecule has 1 amide bonds. The summed E-state index contributed by atoms with van der Waals surface area (Å²) in [5, 5.41) is 13.0. The standard InChI is InChI=1S/C22H27FN2O4/c1-28-10-11-29-22-19(15-6-8-18(23)9-7-15)12-17(14-25-22)21(27)24-13-16-4-2-3-5-20(16)26/h6-9,12,14,16,20,26H,2-5,10-11,13H2,1H3,(H,24,27). The quantitative estimate of drug-likeness (QED) is 0.663. The molecule has 2 aromatic rings. The Labute approximate surface area is 170 Å². The predicted molar refractivity (Wildman–Crippen MR) is 107 cm³/mol. The topological polar surface area (TPSA) is 80.7 Å². The second-order valence-corrected chi connectivity index (χ2v) is 7.25. The number of aliphatic hydroxyl groups excluding tert-OH is 1. The number of amides is 1. The highest BCUT2D eigenvalue weighted by Crippen LogP contribution is 2.29. The molecule has 1 aromatic carbocycles. The molecule has 2 N–H and O–H groups in total. The van der Waals surface area contributed by atoms with Crippen LogP contribution in [-0.2, 0) is 4.74 Å². The summed E-state index contributed by atoms with van der Waals surface area (Å²) in [6.07, 6.45) is 4.88. The Morgan fingerprint density at radius 2 is 2.00 bits per heavy atom. The van der Waals surface area contributed by atoms with E-state index < -0.39 is 0 Å². The molecule has 1 heterocycles. The van der Waals surface area contributed by atoms with Crippen molar-refractivity contribution in [3.63, 3.8) is 0 Å². The zero-order valence-electron chi connectivity index (χ0n) is 16.6. The van der Waals surface area contributed by atoms with Gasteiger partial charge in [-0.1, -0.05) is 25.0 Å². The summed E-state index contributed by atoms with van der Waals surface area (Å²) in [7, 11) is 1.58. The third-order valence-electron chi connectivity index (χ3n) is 5.19. The molecule has 1 fully saturated rings. The van der Waals surface area contributed by atoms with E-state index >= 15 is 0 Å². The van der Waals surface area contributed by atoms with Crippen molar-refractivity contribution >= 4 is 5.91 Å². The summed E-state index contributed by atoms with van der Waals surface area (Å²) in [4.78, 5) is 16.9. The number of aromatic nitrogens is 1. The maximum absolute atomic E-state index is 13.3. The molecule has 1 aliphatic rings. The Kier molecular flexibility index (Phi) is 7.55. The van der Waals surface area contributed by atoms with Crippen molar-refractivity contribution in [1.82, 2.24) is 10.3 Å². The molecule has 2 unspecified atom stereocenters. The zero-order chi connectivity index (χ0) is 20.6. The molecule has 1 aliphatic carbocycles. The van der Waals surface area contributed by atoms with E-state index in [1.807, 2.05) is 0 Å². The van der Waals surface area contributed by atoms with Gasteiger partial charge in [-0.25, -0.2) is 9.37 Å². The van der Waals surface area contributed by atoms with Gasteiger partial charge in [0.2, 0.25) is 5.88 Å². The average Bonchev–Trinajstić information content (AvgIpc) is 2.74. The number of halogens is 1. The molecule has 6 nitrogen and oxygen atoms in total. The molecular weight excluding hydrogens is 375 g/mol. The number of nitrogens with zero attached hydrogens (tertiary/aromatic N) is 1. The van der Waals surface area contributed by atoms with Gasteiger partial charge in [-0.3, -0.25) is 4.79 Å². The molecule has 0 aliphatic heterocycles. The number of hydrogen-bond donors (Lipinski definition) is 2. The van der Waals surface area contributed by atoms with Gasteiger partial charge >= 0.3 is 0 Å². The minimum Gasteiger partial charge on any atom is -0.475 e. The zero-order valence-corrected chi connectivity index (χ0v) is 16.6. The first-order valence-electron chi connectivity index (χ1n) is 9.92. The summed E-state index contributed by atoms with van der Waals surface area (Å²) >= 11 is 0. The molecule has 3 rings (SSSR count). The Balaban J connectivity index is 1.77. The van der Waals surface area contributed by atoms with Crippen LogP contribution in [0.4, 0.5) is 4.39 Å². The fraction of sp³-hybridized carbons (Fsp3) is 0.455. The fourth-order valence-corrected chi connectivity index (χ4v) is 3.50. The monoisotopic (exact) mass is 402 g/mol. The third-order valence-corrected chi connectivity index (χ3v) is 5.19. The minimum atomic E-state index is -0.367. The molecular formula is C22H27FN2O4. The maximum atomic E-state index is 13.3. The maximum Gasteiger partial charge on any atom is 0.252 e. The van der Waals surface area contributed by atoms with Crippen molar-refractivity contribution in [1.29, 1.82) is 0 Å². The lowest BCUT2D eigenvalue weighted by Crippen LogP contribution is -2.36. The van der Waals surface area contributed by atoms with Crippen molar-refractivity contribution in [2.24, 2.45) is 5.92 Å². The van der Waals surface area contributed by atoms with Gasteiger partial charge in [0.1, 0.15) is 12.4 Å². The van der Waals surface area contributed by atoms with Gasteiger partial charge in [0.15, 0.2) is 0 Å². The summed E-state index contributed by atoms with van der Waals surface area (Å²) in [5.74, 6) is -0.174. The van der Waals surface area contributed by atoms with E-state index in [-0.39, 0.29) is 23.7 Å². The molecule has 29 heavy (non-hydrogen) atoms. The van der Waals surface area contributed by atoms with Crippen LogP contribution in [0.1, 0.15) is 36.0 Å². The SMILES string of the molecule is COCCOc1ncc(C(=O)NCC2CCCCC2O)cc1-c1ccc(F)cc1. The highest BCUT2D eigenvalue weighted by Gasteiger charge is 2.23. The van der Waals surface area contributed by atoms with Crippen molar-refractivity contribution < 1.29 is 23.8 Å². The first-order chi connectivity index (χ1) is 14.1.